The summed E-state index contributed by atoms with van der Waals surface area (Å²) in [7, 11) is 0. The molecule has 0 fully saturated rings. The molecule has 0 radical (unpaired) electrons. The molecule has 1 N–H and O–H groups in total. The van der Waals surface area contributed by atoms with Crippen molar-refractivity contribution in [3.05, 3.63) is 60.1 Å². The molecular formula is C15H13N5O2. The van der Waals surface area contributed by atoms with Crippen molar-refractivity contribution in [1.29, 1.82) is 0 Å². The molecule has 0 atom stereocenters. The molecule has 0 spiro atoms. The van der Waals surface area contributed by atoms with Crippen LogP contribution in [0.5, 0.6) is 0 Å². The van der Waals surface area contributed by atoms with Crippen molar-refractivity contribution in [3.8, 4) is 11.3 Å². The number of pyridine rings is 1. The van der Waals surface area contributed by atoms with Crippen molar-refractivity contribution in [1.82, 2.24) is 25.4 Å². The lowest BCUT2D eigenvalue weighted by Gasteiger charge is -2.02. The molecule has 3 aromatic heterocycles. The number of aromatic nitrogens is 4. The van der Waals surface area contributed by atoms with E-state index in [0.29, 0.717) is 12.3 Å². The molecule has 3 aromatic rings. The van der Waals surface area contributed by atoms with Gasteiger partial charge in [-0.05, 0) is 25.1 Å². The van der Waals surface area contributed by atoms with Gasteiger partial charge in [-0.25, -0.2) is 9.97 Å². The third-order valence-corrected chi connectivity index (χ3v) is 2.98. The Morgan fingerprint density at radius 1 is 1.32 bits per heavy atom. The van der Waals surface area contributed by atoms with E-state index in [9.17, 15) is 4.79 Å². The molecule has 7 heteroatoms. The van der Waals surface area contributed by atoms with Crippen molar-refractivity contribution in [2.75, 3.05) is 0 Å². The first-order valence-electron chi connectivity index (χ1n) is 6.65. The van der Waals surface area contributed by atoms with Gasteiger partial charge in [0, 0.05) is 29.7 Å². The van der Waals surface area contributed by atoms with E-state index in [0.717, 1.165) is 17.0 Å². The van der Waals surface area contributed by atoms with Crippen LogP contribution in [0.2, 0.25) is 0 Å². The highest BCUT2D eigenvalue weighted by Gasteiger charge is 2.13. The lowest BCUT2D eigenvalue weighted by Crippen LogP contribution is -2.23. The minimum Gasteiger partial charge on any atom is -0.355 e. The van der Waals surface area contributed by atoms with Gasteiger partial charge >= 0.3 is 0 Å². The van der Waals surface area contributed by atoms with Crippen LogP contribution < -0.4 is 5.32 Å². The molecule has 22 heavy (non-hydrogen) atoms. The SMILES string of the molecule is Cc1cc(CNC(=O)c2cc(-c3cccnc3)on2)ncn1. The molecule has 0 saturated heterocycles. The third-order valence-electron chi connectivity index (χ3n) is 2.98. The number of hydrogen-bond acceptors (Lipinski definition) is 6. The lowest BCUT2D eigenvalue weighted by molar-refractivity contribution is 0.0941. The van der Waals surface area contributed by atoms with E-state index in [1.54, 1.807) is 24.5 Å². The minimum absolute atomic E-state index is 0.213. The van der Waals surface area contributed by atoms with Gasteiger partial charge in [0.1, 0.15) is 6.33 Å². The van der Waals surface area contributed by atoms with Gasteiger partial charge in [-0.3, -0.25) is 9.78 Å². The first-order valence-corrected chi connectivity index (χ1v) is 6.65. The van der Waals surface area contributed by atoms with Gasteiger partial charge in [0.25, 0.3) is 5.91 Å². The Morgan fingerprint density at radius 2 is 2.23 bits per heavy atom. The normalized spacial score (nSPS) is 10.4. The lowest BCUT2D eigenvalue weighted by atomic mass is 10.2. The predicted molar refractivity (Wildman–Crippen MR) is 77.7 cm³/mol. The molecule has 7 nitrogen and oxygen atoms in total. The number of nitrogens with one attached hydrogen (secondary N) is 1. The maximum atomic E-state index is 12.1. The second-order valence-corrected chi connectivity index (χ2v) is 4.65. The third kappa shape index (κ3) is 3.14. The Labute approximate surface area is 126 Å². The zero-order chi connectivity index (χ0) is 15.4. The molecular weight excluding hydrogens is 282 g/mol. The molecule has 0 aromatic carbocycles. The summed E-state index contributed by atoms with van der Waals surface area (Å²) in [6.45, 7) is 2.17. The number of carbonyl (C=O) groups excluding carboxylic acids is 1. The Hall–Kier alpha value is -3.09. The molecule has 3 rings (SSSR count). The smallest absolute Gasteiger partial charge is 0.273 e. The van der Waals surface area contributed by atoms with Crippen LogP contribution in [0, 0.1) is 6.92 Å². The summed E-state index contributed by atoms with van der Waals surface area (Å²) >= 11 is 0. The van der Waals surface area contributed by atoms with Gasteiger partial charge in [-0.2, -0.15) is 0 Å². The first-order chi connectivity index (χ1) is 10.7. The molecule has 0 aliphatic heterocycles. The topological polar surface area (TPSA) is 93.8 Å². The first kappa shape index (κ1) is 13.9. The van der Waals surface area contributed by atoms with E-state index < -0.39 is 0 Å². The number of hydrogen-bond donors (Lipinski definition) is 1. The Bertz CT molecular complexity index is 785. The molecule has 1 amide bonds. The molecule has 0 bridgehead atoms. The van der Waals surface area contributed by atoms with Crippen LogP contribution in [0.15, 0.2) is 47.5 Å². The average Bonchev–Trinajstić information content (AvgIpc) is 3.04. The van der Waals surface area contributed by atoms with Crippen LogP contribution in [0.1, 0.15) is 21.9 Å². The van der Waals surface area contributed by atoms with E-state index in [4.69, 9.17) is 4.52 Å². The predicted octanol–water partition coefficient (Wildman–Crippen LogP) is 1.77. The van der Waals surface area contributed by atoms with Crippen molar-refractivity contribution in [2.24, 2.45) is 0 Å². The van der Waals surface area contributed by atoms with E-state index >= 15 is 0 Å². The maximum absolute atomic E-state index is 12.1. The van der Waals surface area contributed by atoms with E-state index in [1.165, 1.54) is 6.33 Å². The van der Waals surface area contributed by atoms with Crippen LogP contribution in [0.25, 0.3) is 11.3 Å². The minimum atomic E-state index is -0.324. The monoisotopic (exact) mass is 295 g/mol. The zero-order valence-corrected chi connectivity index (χ0v) is 11.9. The van der Waals surface area contributed by atoms with E-state index in [1.807, 2.05) is 19.1 Å². The standard InChI is InChI=1S/C15H13N5O2/c1-10-5-12(19-9-18-10)8-17-15(21)13-6-14(22-20-13)11-3-2-4-16-7-11/h2-7,9H,8H2,1H3,(H,17,21). The van der Waals surface area contributed by atoms with Crippen molar-refractivity contribution in [3.63, 3.8) is 0 Å². The maximum Gasteiger partial charge on any atom is 0.273 e. The van der Waals surface area contributed by atoms with Crippen LogP contribution in [-0.4, -0.2) is 26.0 Å². The van der Waals surface area contributed by atoms with Crippen molar-refractivity contribution >= 4 is 5.91 Å². The molecule has 3 heterocycles. The molecule has 0 saturated carbocycles. The highest BCUT2D eigenvalue weighted by Crippen LogP contribution is 2.18. The summed E-state index contributed by atoms with van der Waals surface area (Å²) in [5.74, 6) is 0.172. The summed E-state index contributed by atoms with van der Waals surface area (Å²) in [5.41, 5.74) is 2.56. The number of aryl methyl sites for hydroxylation is 1. The molecule has 0 aliphatic rings. The molecule has 110 valence electrons. The van der Waals surface area contributed by atoms with Crippen molar-refractivity contribution < 1.29 is 9.32 Å². The van der Waals surface area contributed by atoms with Crippen LogP contribution in [0.4, 0.5) is 0 Å². The Balaban J connectivity index is 1.67. The summed E-state index contributed by atoms with van der Waals surface area (Å²) in [5, 5.41) is 6.51. The van der Waals surface area contributed by atoms with Crippen LogP contribution in [-0.2, 0) is 6.54 Å². The zero-order valence-electron chi connectivity index (χ0n) is 11.9. The second kappa shape index (κ2) is 6.13. The average molecular weight is 295 g/mol. The van der Waals surface area contributed by atoms with E-state index in [2.05, 4.69) is 25.4 Å². The Morgan fingerprint density at radius 3 is 3.00 bits per heavy atom. The summed E-state index contributed by atoms with van der Waals surface area (Å²) < 4.78 is 5.17. The van der Waals surface area contributed by atoms with E-state index in [-0.39, 0.29) is 11.6 Å². The number of nitrogens with zero attached hydrogens (tertiary/aromatic N) is 4. The number of carbonyl (C=O) groups is 1. The highest BCUT2D eigenvalue weighted by atomic mass is 16.5. The van der Waals surface area contributed by atoms with Gasteiger partial charge in [0.05, 0.1) is 12.2 Å². The van der Waals surface area contributed by atoms with Crippen LogP contribution in [0.3, 0.4) is 0 Å². The number of rotatable bonds is 4. The second-order valence-electron chi connectivity index (χ2n) is 4.65. The van der Waals surface area contributed by atoms with Crippen LogP contribution >= 0.6 is 0 Å². The Kier molecular flexibility index (Phi) is 3.86. The van der Waals surface area contributed by atoms with Gasteiger partial charge in [0.2, 0.25) is 0 Å². The van der Waals surface area contributed by atoms with Crippen molar-refractivity contribution in [2.45, 2.75) is 13.5 Å². The highest BCUT2D eigenvalue weighted by molar-refractivity contribution is 5.92. The molecule has 0 unspecified atom stereocenters. The summed E-state index contributed by atoms with van der Waals surface area (Å²) in [6, 6.07) is 7.01. The number of amides is 1. The fraction of sp³-hybridized carbons (Fsp3) is 0.133. The van der Waals surface area contributed by atoms with Gasteiger partial charge < -0.3 is 9.84 Å². The fourth-order valence-corrected chi connectivity index (χ4v) is 1.89. The summed E-state index contributed by atoms with van der Waals surface area (Å²) in [4.78, 5) is 24.1. The summed E-state index contributed by atoms with van der Waals surface area (Å²) in [6.07, 6.45) is 4.77. The molecule has 0 aliphatic carbocycles. The fourth-order valence-electron chi connectivity index (χ4n) is 1.89. The van der Waals surface area contributed by atoms with Gasteiger partial charge in [-0.1, -0.05) is 5.16 Å². The van der Waals surface area contributed by atoms with Gasteiger partial charge in [-0.15, -0.1) is 0 Å². The quantitative estimate of drug-likeness (QED) is 0.788. The largest absolute Gasteiger partial charge is 0.355 e. The van der Waals surface area contributed by atoms with Gasteiger partial charge in [0.15, 0.2) is 11.5 Å².